The van der Waals surface area contributed by atoms with Gasteiger partial charge < -0.3 is 29.9 Å². The molecule has 4 fully saturated rings. The fourth-order valence-corrected chi connectivity index (χ4v) is 9.95. The van der Waals surface area contributed by atoms with Crippen LogP contribution in [-0.2, 0) is 33.6 Å². The lowest BCUT2D eigenvalue weighted by atomic mass is 9.70. The standard InChI is InChI=1S/C44H48N6O6/c1-21-36(25-8-5-10-27(18-25)38-30-11-6-12-32(30)45-43(46-38)49-19-33(51)22(49)2)37(21)42(55)56-35-16-15-31-39(47-44(48-40(31)35)50-20-34(52)23(50)3)26-9-4-7-24(17-26)28-13-14-29(28)41(53)54/h4-5,7-10,17-18,21-23,28-29,33-37,51-52H,6,11-16,19-20H2,1-3H3,(H,53,54)/t21-,22-,23-,28-,29+,33+,34+,35?,36+,37-/m0/s1. The van der Waals surface area contributed by atoms with Gasteiger partial charge in [-0.1, -0.05) is 43.3 Å². The number of hydrogen-bond donors (Lipinski definition) is 3. The first-order chi connectivity index (χ1) is 27.0. The summed E-state index contributed by atoms with van der Waals surface area (Å²) < 4.78 is 6.38. The molecule has 56 heavy (non-hydrogen) atoms. The maximum atomic E-state index is 14.1. The van der Waals surface area contributed by atoms with Crippen molar-refractivity contribution in [1.82, 2.24) is 19.9 Å². The number of aliphatic carboxylic acids is 1. The second kappa shape index (κ2) is 13.3. The molecule has 4 aliphatic carbocycles. The number of benzene rings is 2. The molecule has 2 aliphatic heterocycles. The van der Waals surface area contributed by atoms with Gasteiger partial charge in [0.15, 0.2) is 0 Å². The molecule has 6 aliphatic rings. The zero-order valence-corrected chi connectivity index (χ0v) is 32.0. The van der Waals surface area contributed by atoms with Gasteiger partial charge in [0, 0.05) is 47.0 Å². The average Bonchev–Trinajstić information content (AvgIpc) is 3.43. The van der Waals surface area contributed by atoms with Crippen LogP contribution in [0.4, 0.5) is 11.9 Å². The summed E-state index contributed by atoms with van der Waals surface area (Å²) in [4.78, 5) is 50.0. The van der Waals surface area contributed by atoms with Gasteiger partial charge in [-0.05, 0) is 93.9 Å². The van der Waals surface area contributed by atoms with E-state index in [0.29, 0.717) is 49.9 Å². The highest BCUT2D eigenvalue weighted by Crippen LogP contribution is 2.56. The Bertz CT molecular complexity index is 2260. The predicted octanol–water partition coefficient (Wildman–Crippen LogP) is 5.39. The smallest absolute Gasteiger partial charge is 0.310 e. The van der Waals surface area contributed by atoms with E-state index in [0.717, 1.165) is 70.6 Å². The van der Waals surface area contributed by atoms with Crippen molar-refractivity contribution in [2.75, 3.05) is 22.9 Å². The van der Waals surface area contributed by atoms with Crippen molar-refractivity contribution in [3.05, 3.63) is 82.2 Å². The summed E-state index contributed by atoms with van der Waals surface area (Å²) in [5.41, 5.74) is 9.69. The molecule has 4 heterocycles. The van der Waals surface area contributed by atoms with Crippen LogP contribution in [0.3, 0.4) is 0 Å². The molecule has 0 spiro atoms. The maximum absolute atomic E-state index is 14.1. The summed E-state index contributed by atoms with van der Waals surface area (Å²) in [7, 11) is 0. The van der Waals surface area contributed by atoms with Crippen molar-refractivity contribution in [2.45, 2.75) is 108 Å². The third-order valence-corrected chi connectivity index (χ3v) is 13.9. The number of fused-ring (bicyclic) bond motifs is 2. The van der Waals surface area contributed by atoms with Gasteiger partial charge in [-0.15, -0.1) is 0 Å². The lowest BCUT2D eigenvalue weighted by Crippen LogP contribution is -2.59. The van der Waals surface area contributed by atoms with E-state index in [1.165, 1.54) is 5.56 Å². The maximum Gasteiger partial charge on any atom is 0.310 e. The van der Waals surface area contributed by atoms with E-state index < -0.39 is 18.2 Å². The number of hydrogen-bond acceptors (Lipinski definition) is 11. The van der Waals surface area contributed by atoms with Gasteiger partial charge in [-0.25, -0.2) is 19.9 Å². The molecule has 2 saturated carbocycles. The molecule has 2 saturated heterocycles. The molecule has 12 nitrogen and oxygen atoms in total. The van der Waals surface area contributed by atoms with Crippen molar-refractivity contribution in [3.8, 4) is 22.5 Å². The minimum atomic E-state index is -0.756. The Morgan fingerprint density at radius 1 is 0.750 bits per heavy atom. The molecule has 4 aromatic rings. The number of β-amino-alcohol motifs (C(OH)–C–C–N with tert-alkyl or cyclic N) is 2. The molecule has 10 rings (SSSR count). The molecule has 3 N–H and O–H groups in total. The van der Waals surface area contributed by atoms with Gasteiger partial charge in [-0.3, -0.25) is 9.59 Å². The quantitative estimate of drug-likeness (QED) is 0.187. The molecule has 0 amide bonds. The van der Waals surface area contributed by atoms with Crippen LogP contribution in [0, 0.1) is 17.8 Å². The summed E-state index contributed by atoms with van der Waals surface area (Å²) in [6.07, 6.45) is 4.32. The topological polar surface area (TPSA) is 162 Å². The number of carbonyl (C=O) groups excluding carboxylic acids is 1. The molecule has 0 bridgehead atoms. The Labute approximate surface area is 326 Å². The van der Waals surface area contributed by atoms with Crippen LogP contribution in [0.1, 0.15) is 98.0 Å². The number of carboxylic acids is 1. The molecule has 12 heteroatoms. The summed E-state index contributed by atoms with van der Waals surface area (Å²) in [6.45, 7) is 7.02. The Morgan fingerprint density at radius 2 is 1.39 bits per heavy atom. The molecule has 2 aromatic heterocycles. The van der Waals surface area contributed by atoms with Crippen LogP contribution in [0.15, 0.2) is 48.5 Å². The van der Waals surface area contributed by atoms with E-state index in [9.17, 15) is 24.9 Å². The number of ether oxygens (including phenoxy) is 1. The molecule has 290 valence electrons. The Kier molecular flexibility index (Phi) is 8.45. The third-order valence-electron chi connectivity index (χ3n) is 13.9. The first-order valence-electron chi connectivity index (χ1n) is 20.4. The van der Waals surface area contributed by atoms with Crippen molar-refractivity contribution in [1.29, 1.82) is 0 Å². The van der Waals surface area contributed by atoms with Crippen LogP contribution in [-0.4, -0.2) is 84.6 Å². The highest BCUT2D eigenvalue weighted by atomic mass is 16.5. The van der Waals surface area contributed by atoms with Gasteiger partial charge in [-0.2, -0.15) is 0 Å². The SMILES string of the molecule is C[C@@H]1[C@H](C(=O)OC2CCc3c(-c4cccc([C@@H]5CC[C@H]5C(=O)O)c4)nc(N4C[C@@H](O)[C@@H]4C)nc32)[C@H]1c1cccc(-c2nc(N3C[C@@H](O)[C@@H]3C)nc3c2CCC3)c1. The number of carboxylic acid groups (broad SMARTS) is 1. The van der Waals surface area contributed by atoms with E-state index in [2.05, 4.69) is 42.2 Å². The normalized spacial score (nSPS) is 31.2. The fourth-order valence-electron chi connectivity index (χ4n) is 9.95. The molecule has 0 radical (unpaired) electrons. The first-order valence-corrected chi connectivity index (χ1v) is 20.4. The fraction of sp³-hybridized carbons (Fsp3) is 0.500. The summed E-state index contributed by atoms with van der Waals surface area (Å²) in [5, 5.41) is 30.3. The zero-order valence-electron chi connectivity index (χ0n) is 32.0. The minimum absolute atomic E-state index is 0.0203. The number of anilines is 2. The van der Waals surface area contributed by atoms with E-state index >= 15 is 0 Å². The number of aliphatic hydroxyl groups excluding tert-OH is 2. The first kappa shape index (κ1) is 35.5. The number of nitrogens with zero attached hydrogens (tertiary/aromatic N) is 6. The molecule has 1 unspecified atom stereocenters. The van der Waals surface area contributed by atoms with Crippen molar-refractivity contribution in [3.63, 3.8) is 0 Å². The second-order valence-electron chi connectivity index (χ2n) is 17.1. The number of rotatable bonds is 9. The van der Waals surface area contributed by atoms with Gasteiger partial charge >= 0.3 is 11.9 Å². The van der Waals surface area contributed by atoms with E-state index in [4.69, 9.17) is 24.7 Å². The van der Waals surface area contributed by atoms with Crippen LogP contribution >= 0.6 is 0 Å². The monoisotopic (exact) mass is 756 g/mol. The van der Waals surface area contributed by atoms with E-state index in [-0.39, 0.29) is 53.7 Å². The largest absolute Gasteiger partial charge is 0.481 e. The third kappa shape index (κ3) is 5.69. The Morgan fingerprint density at radius 3 is 2.02 bits per heavy atom. The van der Waals surface area contributed by atoms with Crippen LogP contribution in [0.2, 0.25) is 0 Å². The summed E-state index contributed by atoms with van der Waals surface area (Å²) >= 11 is 0. The Hall–Kier alpha value is -4.94. The second-order valence-corrected chi connectivity index (χ2v) is 17.1. The van der Waals surface area contributed by atoms with Gasteiger partial charge in [0.2, 0.25) is 11.9 Å². The summed E-state index contributed by atoms with van der Waals surface area (Å²) in [5.74, 6) is -0.354. The molecular weight excluding hydrogens is 709 g/mol. The number of aromatic nitrogens is 4. The van der Waals surface area contributed by atoms with Crippen LogP contribution < -0.4 is 9.80 Å². The number of carbonyl (C=O) groups is 2. The number of esters is 1. The van der Waals surface area contributed by atoms with Crippen molar-refractivity contribution in [2.24, 2.45) is 17.8 Å². The van der Waals surface area contributed by atoms with E-state index in [1.54, 1.807) is 0 Å². The van der Waals surface area contributed by atoms with Gasteiger partial charge in [0.05, 0.1) is 53.2 Å². The zero-order chi connectivity index (χ0) is 38.6. The lowest BCUT2D eigenvalue weighted by Gasteiger charge is -2.43. The van der Waals surface area contributed by atoms with Gasteiger partial charge in [0.1, 0.15) is 6.10 Å². The summed E-state index contributed by atoms with van der Waals surface area (Å²) in [6, 6.07) is 16.3. The minimum Gasteiger partial charge on any atom is -0.481 e. The highest BCUT2D eigenvalue weighted by molar-refractivity contribution is 5.79. The molecule has 10 atom stereocenters. The number of aryl methyl sites for hydroxylation is 1. The molecular formula is C44H48N6O6. The van der Waals surface area contributed by atoms with Crippen molar-refractivity contribution < 1.29 is 29.6 Å². The Balaban J connectivity index is 0.914. The number of aliphatic hydroxyl groups is 2. The van der Waals surface area contributed by atoms with Crippen molar-refractivity contribution >= 4 is 23.8 Å². The van der Waals surface area contributed by atoms with Crippen LogP contribution in [0.25, 0.3) is 22.5 Å². The average molecular weight is 757 g/mol. The van der Waals surface area contributed by atoms with Gasteiger partial charge in [0.25, 0.3) is 0 Å². The van der Waals surface area contributed by atoms with E-state index in [1.807, 2.05) is 36.9 Å². The highest BCUT2D eigenvalue weighted by Gasteiger charge is 2.54. The lowest BCUT2D eigenvalue weighted by molar-refractivity contribution is -0.151. The van der Waals surface area contributed by atoms with Crippen LogP contribution in [0.5, 0.6) is 0 Å². The molecule has 2 aromatic carbocycles. The predicted molar refractivity (Wildman–Crippen MR) is 208 cm³/mol.